The molecule has 0 amide bonds. The third-order valence-electron chi connectivity index (χ3n) is 3.07. The van der Waals surface area contributed by atoms with Crippen LogP contribution >= 0.6 is 0 Å². The van der Waals surface area contributed by atoms with Crippen molar-refractivity contribution in [2.45, 2.75) is 6.92 Å². The van der Waals surface area contributed by atoms with E-state index in [0.29, 0.717) is 37.5 Å². The number of hydrogen-bond donors (Lipinski definition) is 1. The van der Waals surface area contributed by atoms with Gasteiger partial charge in [-0.25, -0.2) is 4.98 Å². The molecule has 0 atom stereocenters. The molecule has 0 unspecified atom stereocenters. The Morgan fingerprint density at radius 1 is 1.40 bits per heavy atom. The fourth-order valence-electron chi connectivity index (χ4n) is 2.10. The highest BCUT2D eigenvalue weighted by Gasteiger charge is 2.17. The molecular formula is C13H17N5O2. The summed E-state index contributed by atoms with van der Waals surface area (Å²) in [6, 6.07) is 3.77. The van der Waals surface area contributed by atoms with Gasteiger partial charge in [0.1, 0.15) is 0 Å². The first-order chi connectivity index (χ1) is 9.88. The molecule has 0 saturated carbocycles. The molecule has 7 nitrogen and oxygen atoms in total. The number of anilines is 1. The Hall–Kier alpha value is -2.15. The van der Waals surface area contributed by atoms with E-state index in [1.807, 2.05) is 19.1 Å². The van der Waals surface area contributed by atoms with Crippen LogP contribution in [0.1, 0.15) is 6.92 Å². The average molecular weight is 275 g/mol. The number of H-pyrrole nitrogens is 1. The quantitative estimate of drug-likeness (QED) is 0.900. The second-order valence-corrected chi connectivity index (χ2v) is 4.37. The summed E-state index contributed by atoms with van der Waals surface area (Å²) in [4.78, 5) is 10.9. The van der Waals surface area contributed by atoms with Gasteiger partial charge in [0.05, 0.1) is 25.4 Å². The number of aromatic nitrogens is 4. The Morgan fingerprint density at radius 3 is 3.05 bits per heavy atom. The Balaban J connectivity index is 1.86. The maximum absolute atomic E-state index is 5.51. The van der Waals surface area contributed by atoms with Gasteiger partial charge in [0, 0.05) is 19.3 Å². The summed E-state index contributed by atoms with van der Waals surface area (Å²) in [5.41, 5.74) is 0.821. The fourth-order valence-corrected chi connectivity index (χ4v) is 2.10. The lowest BCUT2D eigenvalue weighted by molar-refractivity contribution is 0.122. The van der Waals surface area contributed by atoms with Crippen LogP contribution in [0.3, 0.4) is 0 Å². The minimum Gasteiger partial charge on any atom is -0.477 e. The SMILES string of the molecule is CCOc1ncccc1-c1nc(N2CCOCC2)n[nH]1. The summed E-state index contributed by atoms with van der Waals surface area (Å²) in [6.45, 7) is 5.53. The van der Waals surface area contributed by atoms with Crippen molar-refractivity contribution in [3.8, 4) is 17.3 Å². The minimum absolute atomic E-state index is 0.564. The average Bonchev–Trinajstić information content (AvgIpc) is 2.99. The number of rotatable bonds is 4. The molecule has 0 aromatic carbocycles. The third kappa shape index (κ3) is 2.57. The maximum atomic E-state index is 5.51. The summed E-state index contributed by atoms with van der Waals surface area (Å²) in [5, 5.41) is 7.22. The van der Waals surface area contributed by atoms with Crippen molar-refractivity contribution in [2.75, 3.05) is 37.8 Å². The molecule has 7 heteroatoms. The largest absolute Gasteiger partial charge is 0.477 e. The molecule has 0 spiro atoms. The Kier molecular flexibility index (Phi) is 3.78. The van der Waals surface area contributed by atoms with E-state index in [-0.39, 0.29) is 0 Å². The van der Waals surface area contributed by atoms with E-state index in [1.165, 1.54) is 0 Å². The minimum atomic E-state index is 0.564. The van der Waals surface area contributed by atoms with E-state index in [0.717, 1.165) is 18.7 Å². The highest BCUT2D eigenvalue weighted by molar-refractivity contribution is 5.62. The van der Waals surface area contributed by atoms with Gasteiger partial charge in [-0.05, 0) is 19.1 Å². The fraction of sp³-hybridized carbons (Fsp3) is 0.462. The van der Waals surface area contributed by atoms with Crippen LogP contribution < -0.4 is 9.64 Å². The first-order valence-corrected chi connectivity index (χ1v) is 6.71. The summed E-state index contributed by atoms with van der Waals surface area (Å²) >= 11 is 0. The lowest BCUT2D eigenvalue weighted by Gasteiger charge is -2.25. The van der Waals surface area contributed by atoms with Crippen molar-refractivity contribution in [1.29, 1.82) is 0 Å². The molecule has 1 saturated heterocycles. The molecule has 2 aromatic rings. The molecule has 3 rings (SSSR count). The van der Waals surface area contributed by atoms with Crippen molar-refractivity contribution in [3.63, 3.8) is 0 Å². The number of pyridine rings is 1. The second-order valence-electron chi connectivity index (χ2n) is 4.37. The van der Waals surface area contributed by atoms with Crippen LogP contribution in [0.2, 0.25) is 0 Å². The highest BCUT2D eigenvalue weighted by Crippen LogP contribution is 2.25. The van der Waals surface area contributed by atoms with E-state index in [2.05, 4.69) is 25.1 Å². The molecule has 1 fully saturated rings. The maximum Gasteiger partial charge on any atom is 0.245 e. The number of nitrogens with one attached hydrogen (secondary N) is 1. The van der Waals surface area contributed by atoms with Gasteiger partial charge in [-0.1, -0.05) is 0 Å². The van der Waals surface area contributed by atoms with E-state index in [1.54, 1.807) is 6.20 Å². The standard InChI is InChI=1S/C13H17N5O2/c1-2-20-12-10(4-3-5-14-12)11-15-13(17-16-11)18-6-8-19-9-7-18/h3-5H,2,6-9H2,1H3,(H,15,16,17). The van der Waals surface area contributed by atoms with Crippen molar-refractivity contribution in [2.24, 2.45) is 0 Å². The zero-order valence-electron chi connectivity index (χ0n) is 11.4. The van der Waals surface area contributed by atoms with Crippen LogP contribution in [0.25, 0.3) is 11.4 Å². The van der Waals surface area contributed by atoms with Crippen molar-refractivity contribution >= 4 is 5.95 Å². The zero-order chi connectivity index (χ0) is 13.8. The van der Waals surface area contributed by atoms with Gasteiger partial charge in [-0.15, -0.1) is 5.10 Å². The van der Waals surface area contributed by atoms with E-state index < -0.39 is 0 Å². The molecule has 2 aromatic heterocycles. The third-order valence-corrected chi connectivity index (χ3v) is 3.07. The van der Waals surface area contributed by atoms with Crippen molar-refractivity contribution in [3.05, 3.63) is 18.3 Å². The molecular weight excluding hydrogens is 258 g/mol. The predicted octanol–water partition coefficient (Wildman–Crippen LogP) is 1.10. The number of nitrogens with zero attached hydrogens (tertiary/aromatic N) is 4. The van der Waals surface area contributed by atoms with Gasteiger partial charge < -0.3 is 14.4 Å². The van der Waals surface area contributed by atoms with E-state index in [4.69, 9.17) is 9.47 Å². The summed E-state index contributed by atoms with van der Waals surface area (Å²) in [5.74, 6) is 1.93. The second kappa shape index (κ2) is 5.87. The zero-order valence-corrected chi connectivity index (χ0v) is 11.4. The molecule has 20 heavy (non-hydrogen) atoms. The molecule has 0 bridgehead atoms. The number of morpholine rings is 1. The van der Waals surface area contributed by atoms with Gasteiger partial charge in [0.15, 0.2) is 5.82 Å². The summed E-state index contributed by atoms with van der Waals surface area (Å²) in [6.07, 6.45) is 1.70. The topological polar surface area (TPSA) is 76.2 Å². The normalized spacial score (nSPS) is 15.3. The van der Waals surface area contributed by atoms with Gasteiger partial charge in [0.25, 0.3) is 0 Å². The van der Waals surface area contributed by atoms with Crippen LogP contribution in [0, 0.1) is 0 Å². The van der Waals surface area contributed by atoms with E-state index >= 15 is 0 Å². The predicted molar refractivity (Wildman–Crippen MR) is 73.8 cm³/mol. The monoisotopic (exact) mass is 275 g/mol. The Morgan fingerprint density at radius 2 is 2.25 bits per heavy atom. The molecule has 1 N–H and O–H groups in total. The molecule has 1 aliphatic heterocycles. The molecule has 1 aliphatic rings. The van der Waals surface area contributed by atoms with Gasteiger partial charge in [0.2, 0.25) is 11.8 Å². The summed E-state index contributed by atoms with van der Waals surface area (Å²) in [7, 11) is 0. The Labute approximate surface area is 116 Å². The van der Waals surface area contributed by atoms with Gasteiger partial charge in [-0.3, -0.25) is 5.10 Å². The van der Waals surface area contributed by atoms with Crippen molar-refractivity contribution < 1.29 is 9.47 Å². The molecule has 0 radical (unpaired) electrons. The number of ether oxygens (including phenoxy) is 2. The van der Waals surface area contributed by atoms with Crippen molar-refractivity contribution in [1.82, 2.24) is 20.2 Å². The van der Waals surface area contributed by atoms with Crippen LogP contribution in [-0.4, -0.2) is 53.1 Å². The van der Waals surface area contributed by atoms with Crippen LogP contribution in [0.4, 0.5) is 5.95 Å². The molecule has 0 aliphatic carbocycles. The first-order valence-electron chi connectivity index (χ1n) is 6.71. The van der Waals surface area contributed by atoms with Crippen LogP contribution in [0.15, 0.2) is 18.3 Å². The lowest BCUT2D eigenvalue weighted by Crippen LogP contribution is -2.36. The summed E-state index contributed by atoms with van der Waals surface area (Å²) < 4.78 is 10.8. The van der Waals surface area contributed by atoms with Crippen LogP contribution in [0.5, 0.6) is 5.88 Å². The molecule has 3 heterocycles. The first kappa shape index (κ1) is 12.9. The van der Waals surface area contributed by atoms with Crippen LogP contribution in [-0.2, 0) is 4.74 Å². The number of aromatic amines is 1. The molecule has 106 valence electrons. The smallest absolute Gasteiger partial charge is 0.245 e. The van der Waals surface area contributed by atoms with Gasteiger partial charge >= 0.3 is 0 Å². The lowest BCUT2D eigenvalue weighted by atomic mass is 10.2. The van der Waals surface area contributed by atoms with E-state index in [9.17, 15) is 0 Å². The Bertz CT molecular complexity index is 565. The van der Waals surface area contributed by atoms with Gasteiger partial charge in [-0.2, -0.15) is 4.98 Å². The highest BCUT2D eigenvalue weighted by atomic mass is 16.5. The number of hydrogen-bond acceptors (Lipinski definition) is 6.